The van der Waals surface area contributed by atoms with Crippen LogP contribution in [0.1, 0.15) is 31.7 Å². The molecule has 3 heteroatoms. The summed E-state index contributed by atoms with van der Waals surface area (Å²) in [4.78, 5) is 0. The van der Waals surface area contributed by atoms with Crippen LogP contribution in [0.2, 0.25) is 0 Å². The van der Waals surface area contributed by atoms with E-state index < -0.39 is 0 Å². The maximum atomic E-state index is 5.58. The molecule has 0 saturated heterocycles. The van der Waals surface area contributed by atoms with Crippen LogP contribution in [0.15, 0.2) is 34.9 Å². The highest BCUT2D eigenvalue weighted by Gasteiger charge is 2.24. The third kappa shape index (κ3) is 2.98. The topological polar surface area (TPSA) is 25.2 Å². The molecular weight excluding hydrogens is 254 g/mol. The van der Waals surface area contributed by atoms with E-state index in [2.05, 4.69) is 36.1 Å². The summed E-state index contributed by atoms with van der Waals surface area (Å²) in [6.07, 6.45) is 5.88. The minimum atomic E-state index is 0.678. The summed E-state index contributed by atoms with van der Waals surface area (Å²) in [5, 5.41) is 5.80. The Kier molecular flexibility index (Phi) is 4.14. The highest BCUT2D eigenvalue weighted by Crippen LogP contribution is 2.30. The molecule has 2 nitrogen and oxygen atoms in total. The van der Waals surface area contributed by atoms with E-state index >= 15 is 0 Å². The van der Waals surface area contributed by atoms with E-state index in [1.165, 1.54) is 36.0 Å². The van der Waals surface area contributed by atoms with E-state index in [4.69, 9.17) is 4.42 Å². The fourth-order valence-electron chi connectivity index (χ4n) is 2.94. The van der Waals surface area contributed by atoms with Crippen LogP contribution in [0.4, 0.5) is 0 Å². The molecule has 0 spiro atoms. The Hall–Kier alpha value is -0.930. The third-order valence-corrected chi connectivity index (χ3v) is 5.16. The minimum absolute atomic E-state index is 0.678. The highest BCUT2D eigenvalue weighted by atomic mass is 32.2. The molecule has 1 aromatic heterocycles. The van der Waals surface area contributed by atoms with Gasteiger partial charge in [0.2, 0.25) is 0 Å². The van der Waals surface area contributed by atoms with Gasteiger partial charge in [-0.3, -0.25) is 0 Å². The maximum absolute atomic E-state index is 5.58. The first-order chi connectivity index (χ1) is 9.36. The van der Waals surface area contributed by atoms with Crippen LogP contribution in [0.25, 0.3) is 11.0 Å². The fraction of sp³-hybridized carbons (Fsp3) is 0.500. The first-order valence-corrected chi connectivity index (χ1v) is 8.21. The molecule has 2 atom stereocenters. The van der Waals surface area contributed by atoms with Crippen LogP contribution in [0, 0.1) is 0 Å². The summed E-state index contributed by atoms with van der Waals surface area (Å²) >= 11 is 2.11. The van der Waals surface area contributed by atoms with Crippen molar-refractivity contribution >= 4 is 22.7 Å². The van der Waals surface area contributed by atoms with E-state index in [0.29, 0.717) is 6.04 Å². The molecule has 1 aromatic carbocycles. The van der Waals surface area contributed by atoms with Crippen molar-refractivity contribution in [3.05, 3.63) is 36.1 Å². The number of para-hydroxylation sites is 1. The number of furan rings is 1. The van der Waals surface area contributed by atoms with Crippen molar-refractivity contribution in [1.29, 1.82) is 0 Å². The van der Waals surface area contributed by atoms with Gasteiger partial charge in [0.1, 0.15) is 5.58 Å². The normalized spacial score (nSPS) is 23.2. The summed E-state index contributed by atoms with van der Waals surface area (Å²) in [7, 11) is 0. The average Bonchev–Trinajstić information content (AvgIpc) is 3.04. The maximum Gasteiger partial charge on any atom is 0.134 e. The zero-order chi connectivity index (χ0) is 13.1. The first-order valence-electron chi connectivity index (χ1n) is 7.17. The van der Waals surface area contributed by atoms with Gasteiger partial charge >= 0.3 is 0 Å². The van der Waals surface area contributed by atoms with Gasteiger partial charge in [-0.2, -0.15) is 11.8 Å². The van der Waals surface area contributed by atoms with Gasteiger partial charge in [0.05, 0.1) is 6.26 Å². The third-order valence-electron chi connectivity index (χ3n) is 3.93. The molecule has 1 saturated carbocycles. The Morgan fingerprint density at radius 3 is 3.11 bits per heavy atom. The van der Waals surface area contributed by atoms with Crippen molar-refractivity contribution < 1.29 is 4.42 Å². The monoisotopic (exact) mass is 275 g/mol. The second-order valence-corrected chi connectivity index (χ2v) is 6.80. The molecule has 1 fully saturated rings. The quantitative estimate of drug-likeness (QED) is 0.885. The lowest BCUT2D eigenvalue weighted by Crippen LogP contribution is -2.26. The Morgan fingerprint density at radius 1 is 1.32 bits per heavy atom. The zero-order valence-corrected chi connectivity index (χ0v) is 12.2. The summed E-state index contributed by atoms with van der Waals surface area (Å²) in [5.74, 6) is 1.24. The van der Waals surface area contributed by atoms with Crippen molar-refractivity contribution in [2.75, 3.05) is 5.75 Å². The predicted octanol–water partition coefficient (Wildman–Crippen LogP) is 4.20. The first kappa shape index (κ1) is 13.1. The molecule has 1 heterocycles. The molecular formula is C16H21NOS. The summed E-state index contributed by atoms with van der Waals surface area (Å²) in [5.41, 5.74) is 2.27. The molecule has 19 heavy (non-hydrogen) atoms. The van der Waals surface area contributed by atoms with Gasteiger partial charge in [-0.1, -0.05) is 25.1 Å². The minimum Gasteiger partial charge on any atom is -0.464 e. The SMILES string of the molecule is CCSC1CCC(NCc2coc3ccccc23)C1. The second-order valence-electron chi connectivity index (χ2n) is 5.23. The summed E-state index contributed by atoms with van der Waals surface area (Å²) < 4.78 is 5.58. The number of rotatable bonds is 5. The Balaban J connectivity index is 1.58. The van der Waals surface area contributed by atoms with Crippen molar-refractivity contribution in [1.82, 2.24) is 5.32 Å². The summed E-state index contributed by atoms with van der Waals surface area (Å²) in [6.45, 7) is 3.17. The van der Waals surface area contributed by atoms with Crippen molar-refractivity contribution in [2.24, 2.45) is 0 Å². The molecule has 0 aliphatic heterocycles. The van der Waals surface area contributed by atoms with Gasteiger partial charge in [-0.15, -0.1) is 0 Å². The van der Waals surface area contributed by atoms with Gasteiger partial charge in [0.25, 0.3) is 0 Å². The van der Waals surface area contributed by atoms with Gasteiger partial charge < -0.3 is 9.73 Å². The van der Waals surface area contributed by atoms with Crippen LogP contribution in [-0.4, -0.2) is 17.0 Å². The number of thioether (sulfide) groups is 1. The molecule has 0 bridgehead atoms. The molecule has 102 valence electrons. The van der Waals surface area contributed by atoms with E-state index in [1.807, 2.05) is 18.4 Å². The highest BCUT2D eigenvalue weighted by molar-refractivity contribution is 7.99. The lowest BCUT2D eigenvalue weighted by atomic mass is 10.1. The van der Waals surface area contributed by atoms with E-state index in [1.54, 1.807) is 0 Å². The van der Waals surface area contributed by atoms with Crippen LogP contribution >= 0.6 is 11.8 Å². The lowest BCUT2D eigenvalue weighted by molar-refractivity contribution is 0.521. The average molecular weight is 275 g/mol. The Morgan fingerprint density at radius 2 is 2.21 bits per heavy atom. The number of hydrogen-bond acceptors (Lipinski definition) is 3. The zero-order valence-electron chi connectivity index (χ0n) is 11.4. The number of benzene rings is 1. The standard InChI is InChI=1S/C16H21NOS/c1-2-19-14-8-7-13(9-14)17-10-12-11-18-16-6-4-3-5-15(12)16/h3-6,11,13-14,17H,2,7-10H2,1H3. The largest absolute Gasteiger partial charge is 0.464 e. The predicted molar refractivity (Wildman–Crippen MR) is 82.6 cm³/mol. The van der Waals surface area contributed by atoms with Gasteiger partial charge in [-0.05, 0) is 31.1 Å². The molecule has 0 amide bonds. The van der Waals surface area contributed by atoms with Gasteiger partial charge in [0, 0.05) is 28.8 Å². The molecule has 1 N–H and O–H groups in total. The van der Waals surface area contributed by atoms with Crippen LogP contribution in [0.5, 0.6) is 0 Å². The number of fused-ring (bicyclic) bond motifs is 1. The van der Waals surface area contributed by atoms with E-state index in [-0.39, 0.29) is 0 Å². The van der Waals surface area contributed by atoms with Gasteiger partial charge in [0.15, 0.2) is 0 Å². The fourth-order valence-corrected chi connectivity index (χ4v) is 4.08. The summed E-state index contributed by atoms with van der Waals surface area (Å²) in [6, 6.07) is 8.94. The lowest BCUT2D eigenvalue weighted by Gasteiger charge is -2.12. The van der Waals surface area contributed by atoms with Crippen LogP contribution < -0.4 is 5.32 Å². The molecule has 2 unspecified atom stereocenters. The Labute approximate surface area is 118 Å². The molecule has 2 aromatic rings. The Bertz CT molecular complexity index is 536. The van der Waals surface area contributed by atoms with Crippen LogP contribution in [0.3, 0.4) is 0 Å². The van der Waals surface area contributed by atoms with Crippen molar-refractivity contribution in [3.63, 3.8) is 0 Å². The molecule has 1 aliphatic carbocycles. The van der Waals surface area contributed by atoms with E-state index in [0.717, 1.165) is 17.4 Å². The van der Waals surface area contributed by atoms with Crippen molar-refractivity contribution in [3.8, 4) is 0 Å². The van der Waals surface area contributed by atoms with E-state index in [9.17, 15) is 0 Å². The number of nitrogens with one attached hydrogen (secondary N) is 1. The molecule has 1 aliphatic rings. The number of hydrogen-bond donors (Lipinski definition) is 1. The van der Waals surface area contributed by atoms with Crippen LogP contribution in [-0.2, 0) is 6.54 Å². The molecule has 0 radical (unpaired) electrons. The van der Waals surface area contributed by atoms with Crippen molar-refractivity contribution in [2.45, 2.75) is 44.0 Å². The molecule has 3 rings (SSSR count). The smallest absolute Gasteiger partial charge is 0.134 e. The van der Waals surface area contributed by atoms with Gasteiger partial charge in [-0.25, -0.2) is 0 Å². The second kappa shape index (κ2) is 6.02.